The zero-order chi connectivity index (χ0) is 13.1. The Morgan fingerprint density at radius 2 is 2.11 bits per heavy atom. The van der Waals surface area contributed by atoms with Gasteiger partial charge in [0.2, 0.25) is 0 Å². The number of anilines is 2. The average molecular weight is 308 g/mol. The lowest BCUT2D eigenvalue weighted by Gasteiger charge is -2.08. The SMILES string of the molecule is Cc1ccc(Br)cc1Nc1cnc(C(=O)O)cn1. The zero-order valence-corrected chi connectivity index (χ0v) is 11.1. The Labute approximate surface area is 112 Å². The van der Waals surface area contributed by atoms with Gasteiger partial charge in [-0.1, -0.05) is 22.0 Å². The monoisotopic (exact) mass is 307 g/mol. The molecule has 0 atom stereocenters. The summed E-state index contributed by atoms with van der Waals surface area (Å²) in [6, 6.07) is 5.83. The predicted octanol–water partition coefficient (Wildman–Crippen LogP) is 2.99. The van der Waals surface area contributed by atoms with E-state index in [2.05, 4.69) is 31.2 Å². The van der Waals surface area contributed by atoms with E-state index < -0.39 is 5.97 Å². The van der Waals surface area contributed by atoms with Gasteiger partial charge in [0.15, 0.2) is 5.69 Å². The molecule has 2 N–H and O–H groups in total. The van der Waals surface area contributed by atoms with Crippen molar-refractivity contribution >= 4 is 33.4 Å². The van der Waals surface area contributed by atoms with Crippen molar-refractivity contribution < 1.29 is 9.90 Å². The molecule has 0 bridgehead atoms. The molecule has 0 aliphatic carbocycles. The van der Waals surface area contributed by atoms with Crippen LogP contribution < -0.4 is 5.32 Å². The number of nitrogens with zero attached hydrogens (tertiary/aromatic N) is 2. The van der Waals surface area contributed by atoms with E-state index in [4.69, 9.17) is 5.11 Å². The maximum Gasteiger partial charge on any atom is 0.356 e. The highest BCUT2D eigenvalue weighted by atomic mass is 79.9. The molecule has 0 unspecified atom stereocenters. The van der Waals surface area contributed by atoms with Crippen LogP contribution in [0.5, 0.6) is 0 Å². The maximum absolute atomic E-state index is 10.6. The molecule has 2 aromatic rings. The van der Waals surface area contributed by atoms with Crippen molar-refractivity contribution in [2.75, 3.05) is 5.32 Å². The number of hydrogen-bond donors (Lipinski definition) is 2. The van der Waals surface area contributed by atoms with Crippen molar-refractivity contribution in [2.24, 2.45) is 0 Å². The summed E-state index contributed by atoms with van der Waals surface area (Å²) in [4.78, 5) is 18.4. The van der Waals surface area contributed by atoms with E-state index in [0.717, 1.165) is 15.7 Å². The Balaban J connectivity index is 2.23. The smallest absolute Gasteiger partial charge is 0.356 e. The van der Waals surface area contributed by atoms with Crippen molar-refractivity contribution in [3.8, 4) is 0 Å². The summed E-state index contributed by atoms with van der Waals surface area (Å²) in [5.41, 5.74) is 1.87. The van der Waals surface area contributed by atoms with Gasteiger partial charge in [-0.05, 0) is 24.6 Å². The minimum atomic E-state index is -1.09. The first kappa shape index (κ1) is 12.5. The second-order valence-corrected chi connectivity index (χ2v) is 4.59. The number of carboxylic acid groups (broad SMARTS) is 1. The number of rotatable bonds is 3. The van der Waals surface area contributed by atoms with Gasteiger partial charge in [-0.25, -0.2) is 14.8 Å². The lowest BCUT2D eigenvalue weighted by atomic mass is 10.2. The lowest BCUT2D eigenvalue weighted by molar-refractivity contribution is 0.0690. The summed E-state index contributed by atoms with van der Waals surface area (Å²) in [6.45, 7) is 1.97. The number of aryl methyl sites for hydroxylation is 1. The molecule has 5 nitrogen and oxygen atoms in total. The quantitative estimate of drug-likeness (QED) is 0.911. The van der Waals surface area contributed by atoms with Gasteiger partial charge in [-0.15, -0.1) is 0 Å². The highest BCUT2D eigenvalue weighted by Gasteiger charge is 2.06. The molecule has 0 spiro atoms. The van der Waals surface area contributed by atoms with E-state index in [1.165, 1.54) is 12.4 Å². The van der Waals surface area contributed by atoms with Crippen LogP contribution in [0.15, 0.2) is 35.1 Å². The fourth-order valence-electron chi connectivity index (χ4n) is 1.37. The van der Waals surface area contributed by atoms with Gasteiger partial charge in [0.1, 0.15) is 5.82 Å². The van der Waals surface area contributed by atoms with Gasteiger partial charge in [-0.3, -0.25) is 0 Å². The molecular weight excluding hydrogens is 298 g/mol. The third kappa shape index (κ3) is 2.84. The molecule has 2 rings (SSSR count). The molecule has 1 aromatic heterocycles. The second kappa shape index (κ2) is 5.14. The predicted molar refractivity (Wildman–Crippen MR) is 71.2 cm³/mol. The molecule has 6 heteroatoms. The fourth-order valence-corrected chi connectivity index (χ4v) is 1.73. The number of nitrogens with one attached hydrogen (secondary N) is 1. The number of hydrogen-bond acceptors (Lipinski definition) is 4. The summed E-state index contributed by atoms with van der Waals surface area (Å²) in [5, 5.41) is 11.8. The third-order valence-electron chi connectivity index (χ3n) is 2.33. The zero-order valence-electron chi connectivity index (χ0n) is 9.51. The molecule has 0 fully saturated rings. The number of benzene rings is 1. The summed E-state index contributed by atoms with van der Waals surface area (Å²) in [6.07, 6.45) is 2.61. The van der Waals surface area contributed by atoms with Gasteiger partial charge in [-0.2, -0.15) is 0 Å². The van der Waals surface area contributed by atoms with Gasteiger partial charge >= 0.3 is 5.97 Å². The number of carbonyl (C=O) groups is 1. The summed E-state index contributed by atoms with van der Waals surface area (Å²) in [5.74, 6) is -0.589. The maximum atomic E-state index is 10.6. The van der Waals surface area contributed by atoms with E-state index in [1.807, 2.05) is 25.1 Å². The first-order valence-corrected chi connectivity index (χ1v) is 5.94. The standard InChI is InChI=1S/C12H10BrN3O2/c1-7-2-3-8(13)4-9(7)16-11-6-14-10(5-15-11)12(17)18/h2-6H,1H3,(H,15,16)(H,17,18). The Morgan fingerprint density at radius 1 is 1.33 bits per heavy atom. The van der Waals surface area contributed by atoms with Crippen LogP contribution in [-0.2, 0) is 0 Å². The Bertz CT molecular complexity index is 584. The van der Waals surface area contributed by atoms with Crippen LogP contribution in [0.4, 0.5) is 11.5 Å². The van der Waals surface area contributed by atoms with Gasteiger partial charge < -0.3 is 10.4 Å². The lowest BCUT2D eigenvalue weighted by Crippen LogP contribution is -2.03. The van der Waals surface area contributed by atoms with Crippen LogP contribution in [-0.4, -0.2) is 21.0 Å². The molecule has 18 heavy (non-hydrogen) atoms. The fraction of sp³-hybridized carbons (Fsp3) is 0.0833. The molecule has 0 saturated carbocycles. The molecule has 0 aliphatic heterocycles. The van der Waals surface area contributed by atoms with Crippen LogP contribution in [0.25, 0.3) is 0 Å². The van der Waals surface area contributed by atoms with Crippen LogP contribution in [0.2, 0.25) is 0 Å². The number of aromatic carboxylic acids is 1. The van der Waals surface area contributed by atoms with E-state index in [1.54, 1.807) is 0 Å². The molecule has 0 aliphatic rings. The van der Waals surface area contributed by atoms with Crippen molar-refractivity contribution in [3.05, 3.63) is 46.3 Å². The van der Waals surface area contributed by atoms with Crippen LogP contribution >= 0.6 is 15.9 Å². The minimum absolute atomic E-state index is 0.0773. The van der Waals surface area contributed by atoms with E-state index in [0.29, 0.717) is 5.82 Å². The van der Waals surface area contributed by atoms with Gasteiger partial charge in [0, 0.05) is 10.2 Å². The van der Waals surface area contributed by atoms with Crippen molar-refractivity contribution in [1.29, 1.82) is 0 Å². The van der Waals surface area contributed by atoms with Crippen LogP contribution in [0.3, 0.4) is 0 Å². The molecule has 0 amide bonds. The summed E-state index contributed by atoms with van der Waals surface area (Å²) < 4.78 is 0.950. The minimum Gasteiger partial charge on any atom is -0.476 e. The van der Waals surface area contributed by atoms with Crippen molar-refractivity contribution in [2.45, 2.75) is 6.92 Å². The van der Waals surface area contributed by atoms with E-state index in [9.17, 15) is 4.79 Å². The molecule has 1 aromatic carbocycles. The van der Waals surface area contributed by atoms with E-state index in [-0.39, 0.29) is 5.69 Å². The molecule has 92 valence electrons. The second-order valence-electron chi connectivity index (χ2n) is 3.68. The highest BCUT2D eigenvalue weighted by molar-refractivity contribution is 9.10. The molecule has 0 saturated heterocycles. The first-order valence-electron chi connectivity index (χ1n) is 5.15. The van der Waals surface area contributed by atoms with Gasteiger partial charge in [0.25, 0.3) is 0 Å². The third-order valence-corrected chi connectivity index (χ3v) is 2.83. The Hall–Kier alpha value is -1.95. The first-order chi connectivity index (χ1) is 8.56. The van der Waals surface area contributed by atoms with Crippen LogP contribution in [0.1, 0.15) is 16.1 Å². The highest BCUT2D eigenvalue weighted by Crippen LogP contribution is 2.23. The Morgan fingerprint density at radius 3 is 2.72 bits per heavy atom. The van der Waals surface area contributed by atoms with Gasteiger partial charge in [0.05, 0.1) is 12.4 Å². The summed E-state index contributed by atoms with van der Waals surface area (Å²) >= 11 is 3.39. The largest absolute Gasteiger partial charge is 0.476 e. The topological polar surface area (TPSA) is 75.1 Å². The normalized spacial score (nSPS) is 10.1. The molecule has 1 heterocycles. The average Bonchev–Trinajstić information content (AvgIpc) is 2.34. The molecule has 0 radical (unpaired) electrons. The van der Waals surface area contributed by atoms with Crippen molar-refractivity contribution in [3.63, 3.8) is 0 Å². The molecular formula is C12H10BrN3O2. The summed E-state index contributed by atoms with van der Waals surface area (Å²) in [7, 11) is 0. The number of carboxylic acids is 1. The van der Waals surface area contributed by atoms with Crippen molar-refractivity contribution in [1.82, 2.24) is 9.97 Å². The number of aromatic nitrogens is 2. The van der Waals surface area contributed by atoms with E-state index >= 15 is 0 Å². The van der Waals surface area contributed by atoms with Crippen LogP contribution in [0, 0.1) is 6.92 Å². The number of halogens is 1. The Kier molecular flexibility index (Phi) is 3.57.